The lowest BCUT2D eigenvalue weighted by molar-refractivity contribution is -0.173. The summed E-state index contributed by atoms with van der Waals surface area (Å²) in [5.41, 5.74) is -0.519. The third kappa shape index (κ3) is 1.88. The summed E-state index contributed by atoms with van der Waals surface area (Å²) in [4.78, 5) is 10.2. The molecule has 2 N–H and O–H groups in total. The molecule has 1 aromatic rings. The fourth-order valence-electron chi connectivity index (χ4n) is 0.973. The molecular weight excluding hydrogens is 194 g/mol. The Balaban J connectivity index is 3.02. The molecule has 76 valence electrons. The molecule has 0 fully saturated rings. The van der Waals surface area contributed by atoms with Crippen LogP contribution in [0.5, 0.6) is 0 Å². The fraction of sp³-hybridized carbons (Fsp3) is 0.222. The minimum Gasteiger partial charge on any atom is -0.479 e. The van der Waals surface area contributed by atoms with Crippen molar-refractivity contribution in [3.05, 3.63) is 35.9 Å². The molecule has 14 heavy (non-hydrogen) atoms. The molecule has 0 aliphatic heterocycles. The van der Waals surface area contributed by atoms with Crippen molar-refractivity contribution >= 4 is 5.97 Å². The van der Waals surface area contributed by atoms with Crippen LogP contribution < -0.4 is 0 Å². The molecule has 0 saturated heterocycles. The number of aliphatic carboxylic acids is 1. The summed E-state index contributed by atoms with van der Waals surface area (Å²) in [5.74, 6) is -5.72. The van der Waals surface area contributed by atoms with E-state index in [2.05, 4.69) is 0 Å². The number of aliphatic hydroxyl groups is 1. The first-order valence-corrected chi connectivity index (χ1v) is 3.80. The SMILES string of the molecule is O=C(O)[C@H](O)C(F)(F)c1ccccc1. The van der Waals surface area contributed by atoms with Gasteiger partial charge >= 0.3 is 11.9 Å². The predicted molar refractivity (Wildman–Crippen MR) is 44.0 cm³/mol. The highest BCUT2D eigenvalue weighted by molar-refractivity contribution is 5.73. The molecule has 0 bridgehead atoms. The highest BCUT2D eigenvalue weighted by Crippen LogP contribution is 2.31. The van der Waals surface area contributed by atoms with Crippen molar-refractivity contribution < 1.29 is 23.8 Å². The third-order valence-corrected chi connectivity index (χ3v) is 1.74. The quantitative estimate of drug-likeness (QED) is 0.774. The Labute approximate surface area is 78.6 Å². The molecule has 0 aliphatic rings. The molecule has 0 unspecified atom stereocenters. The Hall–Kier alpha value is -1.49. The number of carbonyl (C=O) groups is 1. The first-order chi connectivity index (χ1) is 6.46. The van der Waals surface area contributed by atoms with Gasteiger partial charge in [-0.15, -0.1) is 0 Å². The van der Waals surface area contributed by atoms with Gasteiger partial charge < -0.3 is 10.2 Å². The normalized spacial score (nSPS) is 13.6. The van der Waals surface area contributed by atoms with Crippen molar-refractivity contribution in [2.75, 3.05) is 0 Å². The molecule has 0 saturated carbocycles. The lowest BCUT2D eigenvalue weighted by Gasteiger charge is -2.19. The zero-order chi connectivity index (χ0) is 10.8. The van der Waals surface area contributed by atoms with Crippen LogP contribution in [0.2, 0.25) is 0 Å². The van der Waals surface area contributed by atoms with Crippen LogP contribution in [0.3, 0.4) is 0 Å². The molecule has 0 radical (unpaired) electrons. The van der Waals surface area contributed by atoms with Crippen molar-refractivity contribution in [3.8, 4) is 0 Å². The Kier molecular flexibility index (Phi) is 2.81. The fourth-order valence-corrected chi connectivity index (χ4v) is 0.973. The second-order valence-corrected chi connectivity index (χ2v) is 2.73. The second kappa shape index (κ2) is 3.71. The molecule has 0 spiro atoms. The minimum atomic E-state index is -3.77. The average Bonchev–Trinajstić information content (AvgIpc) is 2.18. The van der Waals surface area contributed by atoms with Crippen molar-refractivity contribution in [2.24, 2.45) is 0 Å². The Bertz CT molecular complexity index is 324. The molecule has 0 aliphatic carbocycles. The maximum atomic E-state index is 13.2. The molecule has 1 atom stereocenters. The number of benzene rings is 1. The first-order valence-electron chi connectivity index (χ1n) is 3.80. The maximum absolute atomic E-state index is 13.2. The summed E-state index contributed by atoms with van der Waals surface area (Å²) in [6, 6.07) is 6.33. The first kappa shape index (κ1) is 10.6. The van der Waals surface area contributed by atoms with Gasteiger partial charge in [0.25, 0.3) is 0 Å². The van der Waals surface area contributed by atoms with Gasteiger partial charge in [0, 0.05) is 5.56 Å². The van der Waals surface area contributed by atoms with Gasteiger partial charge in [-0.3, -0.25) is 0 Å². The van der Waals surface area contributed by atoms with Gasteiger partial charge in [0.1, 0.15) is 0 Å². The molecule has 1 rings (SSSR count). The van der Waals surface area contributed by atoms with Crippen LogP contribution in [0.1, 0.15) is 5.56 Å². The molecule has 0 heterocycles. The van der Waals surface area contributed by atoms with Gasteiger partial charge in [-0.1, -0.05) is 30.3 Å². The van der Waals surface area contributed by atoms with Gasteiger partial charge in [0.05, 0.1) is 0 Å². The maximum Gasteiger partial charge on any atom is 0.339 e. The highest BCUT2D eigenvalue weighted by atomic mass is 19.3. The number of carboxylic acids is 1. The summed E-state index contributed by atoms with van der Waals surface area (Å²) < 4.78 is 26.3. The van der Waals surface area contributed by atoms with Crippen LogP contribution >= 0.6 is 0 Å². The van der Waals surface area contributed by atoms with Crippen molar-refractivity contribution in [2.45, 2.75) is 12.0 Å². The van der Waals surface area contributed by atoms with Crippen LogP contribution in [0, 0.1) is 0 Å². The number of hydrogen-bond acceptors (Lipinski definition) is 2. The number of rotatable bonds is 3. The minimum absolute atomic E-state index is 0.519. The summed E-state index contributed by atoms with van der Waals surface area (Å²) in [7, 11) is 0. The standard InChI is InChI=1S/C9H8F2O3/c10-9(11,7(12)8(13)14)6-4-2-1-3-5-6/h1-5,7,12H,(H,13,14)/t7-/m0/s1. The molecule has 0 amide bonds. The zero-order valence-electron chi connectivity index (χ0n) is 7.02. The van der Waals surface area contributed by atoms with Crippen LogP contribution in [0.4, 0.5) is 8.78 Å². The summed E-state index contributed by atoms with van der Waals surface area (Å²) in [6.45, 7) is 0. The molecule has 1 aromatic carbocycles. The van der Waals surface area contributed by atoms with E-state index in [0.717, 1.165) is 12.1 Å². The smallest absolute Gasteiger partial charge is 0.339 e. The van der Waals surface area contributed by atoms with E-state index in [9.17, 15) is 13.6 Å². The van der Waals surface area contributed by atoms with Crippen LogP contribution in [0.15, 0.2) is 30.3 Å². The lowest BCUT2D eigenvalue weighted by Crippen LogP contribution is -2.37. The number of aliphatic hydroxyl groups excluding tert-OH is 1. The van der Waals surface area contributed by atoms with Crippen LogP contribution in [-0.2, 0) is 10.7 Å². The van der Waals surface area contributed by atoms with E-state index in [1.54, 1.807) is 0 Å². The molecular formula is C9H8F2O3. The summed E-state index contributed by atoms with van der Waals surface area (Å²) in [5, 5.41) is 17.0. The van der Waals surface area contributed by atoms with E-state index in [1.165, 1.54) is 18.2 Å². The number of halogens is 2. The Morgan fingerprint density at radius 2 is 1.79 bits per heavy atom. The molecule has 3 nitrogen and oxygen atoms in total. The van der Waals surface area contributed by atoms with E-state index >= 15 is 0 Å². The monoisotopic (exact) mass is 202 g/mol. The van der Waals surface area contributed by atoms with E-state index in [1.807, 2.05) is 0 Å². The number of hydrogen-bond donors (Lipinski definition) is 2. The van der Waals surface area contributed by atoms with E-state index in [-0.39, 0.29) is 0 Å². The molecule has 0 aromatic heterocycles. The Morgan fingerprint density at radius 1 is 1.29 bits per heavy atom. The summed E-state index contributed by atoms with van der Waals surface area (Å²) in [6.07, 6.45) is -2.72. The van der Waals surface area contributed by atoms with E-state index in [4.69, 9.17) is 10.2 Å². The Morgan fingerprint density at radius 3 is 2.21 bits per heavy atom. The largest absolute Gasteiger partial charge is 0.479 e. The zero-order valence-corrected chi connectivity index (χ0v) is 7.02. The van der Waals surface area contributed by atoms with Crippen molar-refractivity contribution in [1.82, 2.24) is 0 Å². The van der Waals surface area contributed by atoms with Crippen molar-refractivity contribution in [1.29, 1.82) is 0 Å². The predicted octanol–water partition coefficient (Wildman–Crippen LogP) is 1.22. The number of alkyl halides is 2. The van der Waals surface area contributed by atoms with Gasteiger partial charge in [-0.2, -0.15) is 8.78 Å². The van der Waals surface area contributed by atoms with Crippen molar-refractivity contribution in [3.63, 3.8) is 0 Å². The summed E-state index contributed by atoms with van der Waals surface area (Å²) >= 11 is 0. The van der Waals surface area contributed by atoms with Crippen LogP contribution in [-0.4, -0.2) is 22.3 Å². The van der Waals surface area contributed by atoms with Gasteiger partial charge in [-0.05, 0) is 0 Å². The van der Waals surface area contributed by atoms with Crippen LogP contribution in [0.25, 0.3) is 0 Å². The molecule has 5 heteroatoms. The average molecular weight is 202 g/mol. The van der Waals surface area contributed by atoms with E-state index < -0.39 is 23.6 Å². The third-order valence-electron chi connectivity index (χ3n) is 1.74. The lowest BCUT2D eigenvalue weighted by atomic mass is 10.0. The topological polar surface area (TPSA) is 57.5 Å². The van der Waals surface area contributed by atoms with Gasteiger partial charge in [0.15, 0.2) is 0 Å². The van der Waals surface area contributed by atoms with Gasteiger partial charge in [-0.25, -0.2) is 4.79 Å². The number of carboxylic acid groups (broad SMARTS) is 1. The van der Waals surface area contributed by atoms with Gasteiger partial charge in [0.2, 0.25) is 6.10 Å². The second-order valence-electron chi connectivity index (χ2n) is 2.73. The van der Waals surface area contributed by atoms with E-state index in [0.29, 0.717) is 0 Å². The highest BCUT2D eigenvalue weighted by Gasteiger charge is 2.44.